The van der Waals surface area contributed by atoms with Crippen molar-refractivity contribution < 1.29 is 14.4 Å². The molecule has 3 atom stereocenters. The second-order valence-corrected chi connectivity index (χ2v) is 12.8. The van der Waals surface area contributed by atoms with Gasteiger partial charge >= 0.3 is 0 Å². The molecule has 1 aliphatic heterocycles. The summed E-state index contributed by atoms with van der Waals surface area (Å²) in [6.07, 6.45) is 6.05. The normalized spacial score (nSPS) is 20.3. The number of rotatable bonds is 10. The predicted octanol–water partition coefficient (Wildman–Crippen LogP) is 5.06. The van der Waals surface area contributed by atoms with Crippen molar-refractivity contribution in [2.75, 3.05) is 13.6 Å². The van der Waals surface area contributed by atoms with Gasteiger partial charge in [0.05, 0.1) is 0 Å². The third-order valence-corrected chi connectivity index (χ3v) is 7.20. The van der Waals surface area contributed by atoms with Gasteiger partial charge in [-0.15, -0.1) is 0 Å². The highest BCUT2D eigenvalue weighted by molar-refractivity contribution is 5.86. The van der Waals surface area contributed by atoms with Crippen LogP contribution in [0.25, 0.3) is 0 Å². The lowest BCUT2D eigenvalue weighted by molar-refractivity contribution is -0.142. The van der Waals surface area contributed by atoms with E-state index in [4.69, 9.17) is 0 Å². The molecule has 1 saturated heterocycles. The molecule has 0 aromatic rings. The molecule has 6 nitrogen and oxygen atoms in total. The minimum atomic E-state index is -0.767. The zero-order valence-electron chi connectivity index (χ0n) is 23.1. The average Bonchev–Trinajstić information content (AvgIpc) is 2.88. The van der Waals surface area contributed by atoms with Crippen LogP contribution in [0.4, 0.5) is 0 Å². The number of nitrogens with one attached hydrogen (secondary N) is 2. The van der Waals surface area contributed by atoms with Gasteiger partial charge in [-0.1, -0.05) is 48.0 Å². The maximum atomic E-state index is 13.6. The molecule has 0 radical (unpaired) electrons. The average molecular weight is 466 g/mol. The van der Waals surface area contributed by atoms with E-state index in [1.165, 1.54) is 0 Å². The van der Waals surface area contributed by atoms with Gasteiger partial charge < -0.3 is 15.5 Å². The fraction of sp³-hybridized carbons (Fsp3) is 0.889. The lowest BCUT2D eigenvalue weighted by Crippen LogP contribution is -2.54. The molecule has 0 bridgehead atoms. The van der Waals surface area contributed by atoms with Gasteiger partial charge in [-0.05, 0) is 64.7 Å². The summed E-state index contributed by atoms with van der Waals surface area (Å²) in [6, 6.07) is -0.0561. The number of carbonyl (C=O) groups is 3. The van der Waals surface area contributed by atoms with Crippen LogP contribution in [0.3, 0.4) is 0 Å². The van der Waals surface area contributed by atoms with Crippen molar-refractivity contribution in [3.63, 3.8) is 0 Å². The highest BCUT2D eigenvalue weighted by Crippen LogP contribution is 2.42. The van der Waals surface area contributed by atoms with Crippen molar-refractivity contribution in [3.8, 4) is 0 Å². The molecule has 3 unspecified atom stereocenters. The Morgan fingerprint density at radius 1 is 0.939 bits per heavy atom. The van der Waals surface area contributed by atoms with E-state index in [2.05, 4.69) is 45.3 Å². The van der Waals surface area contributed by atoms with E-state index in [0.717, 1.165) is 32.2 Å². The molecule has 1 aliphatic rings. The highest BCUT2D eigenvalue weighted by Gasteiger charge is 2.46. The van der Waals surface area contributed by atoms with Gasteiger partial charge in [0.15, 0.2) is 0 Å². The van der Waals surface area contributed by atoms with Crippen LogP contribution in [0.15, 0.2) is 0 Å². The van der Waals surface area contributed by atoms with Crippen molar-refractivity contribution in [2.45, 2.75) is 125 Å². The molecular formula is C27H51N3O3. The molecule has 1 rings (SSSR count). The minimum Gasteiger partial charge on any atom is -0.359 e. The van der Waals surface area contributed by atoms with Crippen LogP contribution in [0.5, 0.6) is 0 Å². The molecule has 1 fully saturated rings. The Labute approximate surface area is 203 Å². The molecule has 0 spiro atoms. The van der Waals surface area contributed by atoms with E-state index in [9.17, 15) is 14.4 Å². The van der Waals surface area contributed by atoms with Gasteiger partial charge in [0.25, 0.3) is 0 Å². The van der Waals surface area contributed by atoms with Crippen molar-refractivity contribution in [1.82, 2.24) is 15.5 Å². The SMILES string of the molecule is CCC(C)(CC(C)(CC(C)N1CCCCCC1=O)C(=O)NC)C(=O)NC(C)(C)CC(C)(C)C. The summed E-state index contributed by atoms with van der Waals surface area (Å²) in [7, 11) is 1.65. The standard InChI is InChI=1S/C27H51N3O3/c1-11-26(8,23(33)29-25(6,7)18-24(3,4)5)19-27(9,22(32)28-10)17-20(2)30-16-14-12-13-15-21(30)31/h20H,11-19H2,1-10H3,(H,28,32)(H,29,33). The summed E-state index contributed by atoms with van der Waals surface area (Å²) in [5, 5.41) is 6.11. The maximum Gasteiger partial charge on any atom is 0.226 e. The summed E-state index contributed by atoms with van der Waals surface area (Å²) < 4.78 is 0. The summed E-state index contributed by atoms with van der Waals surface area (Å²) in [5.74, 6) is 0.102. The molecule has 1 heterocycles. The summed E-state index contributed by atoms with van der Waals surface area (Å²) >= 11 is 0. The first kappa shape index (κ1) is 29.4. The van der Waals surface area contributed by atoms with Crippen LogP contribution >= 0.6 is 0 Å². The Hall–Kier alpha value is -1.59. The van der Waals surface area contributed by atoms with Crippen LogP contribution in [-0.2, 0) is 14.4 Å². The summed E-state index contributed by atoms with van der Waals surface area (Å²) in [5.41, 5.74) is -1.72. The van der Waals surface area contributed by atoms with Gasteiger partial charge in [0.1, 0.15) is 0 Å². The monoisotopic (exact) mass is 465 g/mol. The van der Waals surface area contributed by atoms with E-state index in [-0.39, 0.29) is 34.7 Å². The Bertz CT molecular complexity index is 697. The number of amides is 3. The third kappa shape index (κ3) is 8.60. The largest absolute Gasteiger partial charge is 0.359 e. The highest BCUT2D eigenvalue weighted by atomic mass is 16.2. The maximum absolute atomic E-state index is 13.6. The van der Waals surface area contributed by atoms with Crippen molar-refractivity contribution in [1.29, 1.82) is 0 Å². The number of nitrogens with zero attached hydrogens (tertiary/aromatic N) is 1. The smallest absolute Gasteiger partial charge is 0.226 e. The van der Waals surface area contributed by atoms with Crippen molar-refractivity contribution in [3.05, 3.63) is 0 Å². The van der Waals surface area contributed by atoms with E-state index >= 15 is 0 Å². The zero-order chi connectivity index (χ0) is 25.7. The number of hydrogen-bond acceptors (Lipinski definition) is 3. The minimum absolute atomic E-state index is 0.00659. The quantitative estimate of drug-likeness (QED) is 0.473. The number of carbonyl (C=O) groups excluding carboxylic acids is 3. The van der Waals surface area contributed by atoms with E-state index < -0.39 is 10.8 Å². The molecular weight excluding hydrogens is 414 g/mol. The van der Waals surface area contributed by atoms with Gasteiger partial charge in [-0.25, -0.2) is 0 Å². The first-order chi connectivity index (χ1) is 15.0. The van der Waals surface area contributed by atoms with E-state index in [1.807, 2.05) is 32.6 Å². The summed E-state index contributed by atoms with van der Waals surface area (Å²) in [6.45, 7) is 19.4. The Balaban J connectivity index is 3.13. The topological polar surface area (TPSA) is 78.5 Å². The molecule has 6 heteroatoms. The van der Waals surface area contributed by atoms with E-state index in [1.54, 1.807) is 7.05 Å². The van der Waals surface area contributed by atoms with Crippen LogP contribution in [0.2, 0.25) is 0 Å². The molecule has 2 N–H and O–H groups in total. The zero-order valence-corrected chi connectivity index (χ0v) is 23.1. The fourth-order valence-electron chi connectivity index (χ4n) is 5.83. The number of hydrogen-bond donors (Lipinski definition) is 2. The Kier molecular flexibility index (Phi) is 10.0. The molecule has 33 heavy (non-hydrogen) atoms. The lowest BCUT2D eigenvalue weighted by atomic mass is 9.67. The predicted molar refractivity (Wildman–Crippen MR) is 136 cm³/mol. The van der Waals surface area contributed by atoms with Gasteiger partial charge in [0, 0.05) is 42.4 Å². The first-order valence-corrected chi connectivity index (χ1v) is 12.8. The fourth-order valence-corrected chi connectivity index (χ4v) is 5.83. The second kappa shape index (κ2) is 11.2. The lowest BCUT2D eigenvalue weighted by Gasteiger charge is -2.42. The molecule has 0 aromatic carbocycles. The van der Waals surface area contributed by atoms with Crippen LogP contribution < -0.4 is 10.6 Å². The molecule has 0 saturated carbocycles. The first-order valence-electron chi connectivity index (χ1n) is 12.8. The Morgan fingerprint density at radius 3 is 2.06 bits per heavy atom. The van der Waals surface area contributed by atoms with E-state index in [0.29, 0.717) is 25.7 Å². The van der Waals surface area contributed by atoms with Crippen molar-refractivity contribution in [2.24, 2.45) is 16.2 Å². The number of likely N-dealkylation sites (tertiary alicyclic amines) is 1. The molecule has 3 amide bonds. The van der Waals surface area contributed by atoms with Gasteiger partial charge in [0.2, 0.25) is 17.7 Å². The van der Waals surface area contributed by atoms with Gasteiger partial charge in [-0.2, -0.15) is 0 Å². The molecule has 0 aliphatic carbocycles. The van der Waals surface area contributed by atoms with Crippen LogP contribution in [-0.4, -0.2) is 47.8 Å². The van der Waals surface area contributed by atoms with Crippen LogP contribution in [0, 0.1) is 16.2 Å². The summed E-state index contributed by atoms with van der Waals surface area (Å²) in [4.78, 5) is 41.3. The molecule has 192 valence electrons. The Morgan fingerprint density at radius 2 is 1.55 bits per heavy atom. The van der Waals surface area contributed by atoms with Crippen LogP contribution in [0.1, 0.15) is 114 Å². The molecule has 0 aromatic heterocycles. The third-order valence-electron chi connectivity index (χ3n) is 7.20. The van der Waals surface area contributed by atoms with Gasteiger partial charge in [-0.3, -0.25) is 14.4 Å². The van der Waals surface area contributed by atoms with Crippen molar-refractivity contribution >= 4 is 17.7 Å². The second-order valence-electron chi connectivity index (χ2n) is 12.8.